The van der Waals surface area contributed by atoms with Gasteiger partial charge in [-0.15, -0.1) is 0 Å². The summed E-state index contributed by atoms with van der Waals surface area (Å²) < 4.78 is 11.3. The molecule has 21 heavy (non-hydrogen) atoms. The summed E-state index contributed by atoms with van der Waals surface area (Å²) >= 11 is 0. The summed E-state index contributed by atoms with van der Waals surface area (Å²) in [7, 11) is 1.74. The Morgan fingerprint density at radius 1 is 1.29 bits per heavy atom. The maximum absolute atomic E-state index is 5.82. The Bertz CT molecular complexity index is 483. The highest BCUT2D eigenvalue weighted by atomic mass is 16.5. The average Bonchev–Trinajstić information content (AvgIpc) is 2.47. The number of rotatable bonds is 5. The molecular weight excluding hydrogens is 266 g/mol. The average molecular weight is 293 g/mol. The van der Waals surface area contributed by atoms with E-state index in [0.717, 1.165) is 36.7 Å². The highest BCUT2D eigenvalue weighted by molar-refractivity contribution is 5.48. The lowest BCUT2D eigenvalue weighted by atomic mass is 9.92. The minimum atomic E-state index is -0.414. The normalized spacial score (nSPS) is 18.0. The van der Waals surface area contributed by atoms with Crippen LogP contribution in [-0.4, -0.2) is 36.8 Å². The van der Waals surface area contributed by atoms with Gasteiger partial charge in [-0.1, -0.05) is 13.8 Å². The molecule has 118 valence electrons. The summed E-state index contributed by atoms with van der Waals surface area (Å²) in [5.74, 6) is 2.12. The van der Waals surface area contributed by atoms with Crippen LogP contribution in [0.1, 0.15) is 56.6 Å². The largest absolute Gasteiger partial charge is 0.381 e. The van der Waals surface area contributed by atoms with E-state index in [2.05, 4.69) is 33.0 Å². The van der Waals surface area contributed by atoms with Crippen molar-refractivity contribution in [3.8, 4) is 0 Å². The minimum Gasteiger partial charge on any atom is -0.381 e. The highest BCUT2D eigenvalue weighted by Crippen LogP contribution is 2.36. The first-order valence-electron chi connectivity index (χ1n) is 7.80. The Labute approximate surface area is 127 Å². The number of nitrogens with zero attached hydrogens (tertiary/aromatic N) is 2. The molecule has 0 spiro atoms. The number of hydrogen-bond donors (Lipinski definition) is 1. The molecule has 0 aromatic carbocycles. The van der Waals surface area contributed by atoms with Gasteiger partial charge in [-0.2, -0.15) is 0 Å². The third-order valence-electron chi connectivity index (χ3n) is 4.16. The molecule has 0 aliphatic carbocycles. The Hall–Kier alpha value is -1.20. The van der Waals surface area contributed by atoms with Crippen molar-refractivity contribution in [2.45, 2.75) is 52.1 Å². The van der Waals surface area contributed by atoms with Gasteiger partial charge in [0.2, 0.25) is 0 Å². The molecule has 1 aliphatic rings. The molecule has 1 N–H and O–H groups in total. The maximum Gasteiger partial charge on any atom is 0.163 e. The fourth-order valence-corrected chi connectivity index (χ4v) is 3.00. The summed E-state index contributed by atoms with van der Waals surface area (Å²) in [6.07, 6.45) is 1.60. The molecule has 1 aromatic rings. The summed E-state index contributed by atoms with van der Waals surface area (Å²) in [6, 6.07) is 0. The van der Waals surface area contributed by atoms with E-state index in [-0.39, 0.29) is 0 Å². The first-order chi connectivity index (χ1) is 10.0. The van der Waals surface area contributed by atoms with Gasteiger partial charge in [0.15, 0.2) is 5.82 Å². The van der Waals surface area contributed by atoms with E-state index >= 15 is 0 Å². The van der Waals surface area contributed by atoms with Gasteiger partial charge in [0.25, 0.3) is 0 Å². The van der Waals surface area contributed by atoms with Gasteiger partial charge in [0.1, 0.15) is 11.4 Å². The lowest BCUT2D eigenvalue weighted by molar-refractivity contribution is -0.1000. The molecule has 2 heterocycles. The van der Waals surface area contributed by atoms with Crippen LogP contribution in [0.25, 0.3) is 0 Å². The van der Waals surface area contributed by atoms with Gasteiger partial charge in [-0.3, -0.25) is 0 Å². The monoisotopic (exact) mass is 293 g/mol. The van der Waals surface area contributed by atoms with Crippen molar-refractivity contribution in [3.63, 3.8) is 0 Å². The molecule has 5 nitrogen and oxygen atoms in total. The number of aryl methyl sites for hydroxylation is 1. The molecule has 0 atom stereocenters. The number of methoxy groups -OCH3 is 1. The van der Waals surface area contributed by atoms with Crippen molar-refractivity contribution < 1.29 is 9.47 Å². The molecule has 0 bridgehead atoms. The van der Waals surface area contributed by atoms with Gasteiger partial charge in [0.05, 0.1) is 0 Å². The van der Waals surface area contributed by atoms with Gasteiger partial charge in [-0.25, -0.2) is 9.97 Å². The smallest absolute Gasteiger partial charge is 0.163 e. The summed E-state index contributed by atoms with van der Waals surface area (Å²) in [4.78, 5) is 9.58. The third-order valence-corrected chi connectivity index (χ3v) is 4.16. The SMILES string of the molecule is CCNc1nc(C2(OC)CCOCC2)nc(C)c1C(C)C. The van der Waals surface area contributed by atoms with Crippen LogP contribution in [0.4, 0.5) is 5.82 Å². The van der Waals surface area contributed by atoms with Crippen LogP contribution in [0.2, 0.25) is 0 Å². The van der Waals surface area contributed by atoms with Crippen LogP contribution < -0.4 is 5.32 Å². The number of hydrogen-bond acceptors (Lipinski definition) is 5. The molecule has 0 radical (unpaired) electrons. The van der Waals surface area contributed by atoms with E-state index in [4.69, 9.17) is 19.4 Å². The molecule has 2 rings (SSSR count). The Morgan fingerprint density at radius 2 is 1.95 bits per heavy atom. The fraction of sp³-hybridized carbons (Fsp3) is 0.750. The van der Waals surface area contributed by atoms with Crippen LogP contribution in [0.3, 0.4) is 0 Å². The Balaban J connectivity index is 2.49. The van der Waals surface area contributed by atoms with E-state index in [1.54, 1.807) is 7.11 Å². The van der Waals surface area contributed by atoms with Gasteiger partial charge >= 0.3 is 0 Å². The van der Waals surface area contributed by atoms with Crippen molar-refractivity contribution in [2.75, 3.05) is 32.2 Å². The van der Waals surface area contributed by atoms with Gasteiger partial charge < -0.3 is 14.8 Å². The molecule has 1 saturated heterocycles. The number of nitrogens with one attached hydrogen (secondary N) is 1. The zero-order valence-corrected chi connectivity index (χ0v) is 13.8. The summed E-state index contributed by atoms with van der Waals surface area (Å²) in [5, 5.41) is 3.38. The van der Waals surface area contributed by atoms with E-state index in [0.29, 0.717) is 19.1 Å². The zero-order valence-electron chi connectivity index (χ0n) is 13.8. The topological polar surface area (TPSA) is 56.3 Å². The fourth-order valence-electron chi connectivity index (χ4n) is 3.00. The molecule has 0 saturated carbocycles. The lowest BCUT2D eigenvalue weighted by Gasteiger charge is -2.35. The molecule has 1 aromatic heterocycles. The van der Waals surface area contributed by atoms with Crippen LogP contribution >= 0.6 is 0 Å². The number of ether oxygens (including phenoxy) is 2. The summed E-state index contributed by atoms with van der Waals surface area (Å²) in [5.41, 5.74) is 1.82. The van der Waals surface area contributed by atoms with Gasteiger partial charge in [0, 0.05) is 51.0 Å². The second-order valence-electron chi connectivity index (χ2n) is 5.89. The maximum atomic E-state index is 5.82. The van der Waals surface area contributed by atoms with E-state index < -0.39 is 5.60 Å². The van der Waals surface area contributed by atoms with Crippen molar-refractivity contribution in [2.24, 2.45) is 0 Å². The lowest BCUT2D eigenvalue weighted by Crippen LogP contribution is -2.38. The molecule has 1 aliphatic heterocycles. The van der Waals surface area contributed by atoms with E-state index in [1.165, 1.54) is 5.56 Å². The van der Waals surface area contributed by atoms with E-state index in [1.807, 2.05) is 0 Å². The molecule has 1 fully saturated rings. The van der Waals surface area contributed by atoms with Crippen LogP contribution in [0, 0.1) is 6.92 Å². The second kappa shape index (κ2) is 6.71. The van der Waals surface area contributed by atoms with Crippen LogP contribution in [0.15, 0.2) is 0 Å². The van der Waals surface area contributed by atoms with Gasteiger partial charge in [-0.05, 0) is 19.8 Å². The molecular formula is C16H27N3O2. The Morgan fingerprint density at radius 3 is 2.48 bits per heavy atom. The first-order valence-corrected chi connectivity index (χ1v) is 7.80. The quantitative estimate of drug-likeness (QED) is 0.904. The summed E-state index contributed by atoms with van der Waals surface area (Å²) in [6.45, 7) is 10.7. The highest BCUT2D eigenvalue weighted by Gasteiger charge is 2.38. The van der Waals surface area contributed by atoms with Crippen molar-refractivity contribution in [3.05, 3.63) is 17.1 Å². The van der Waals surface area contributed by atoms with Crippen LogP contribution in [0.5, 0.6) is 0 Å². The third kappa shape index (κ3) is 3.19. The van der Waals surface area contributed by atoms with Crippen molar-refractivity contribution >= 4 is 5.82 Å². The predicted molar refractivity (Wildman–Crippen MR) is 83.8 cm³/mol. The Kier molecular flexibility index (Phi) is 5.17. The van der Waals surface area contributed by atoms with Crippen molar-refractivity contribution in [1.82, 2.24) is 9.97 Å². The zero-order chi connectivity index (χ0) is 15.5. The molecule has 0 amide bonds. The second-order valence-corrected chi connectivity index (χ2v) is 5.89. The minimum absolute atomic E-state index is 0.390. The molecule has 5 heteroatoms. The van der Waals surface area contributed by atoms with Crippen LogP contribution in [-0.2, 0) is 15.1 Å². The van der Waals surface area contributed by atoms with Crippen molar-refractivity contribution in [1.29, 1.82) is 0 Å². The predicted octanol–water partition coefficient (Wildman–Crippen LogP) is 2.99. The molecule has 0 unspecified atom stereocenters. The number of aromatic nitrogens is 2. The van der Waals surface area contributed by atoms with E-state index in [9.17, 15) is 0 Å². The first kappa shape index (κ1) is 16.2. The standard InChI is InChI=1S/C16H27N3O2/c1-6-17-14-13(11(2)3)12(4)18-15(19-14)16(20-5)7-9-21-10-8-16/h11H,6-10H2,1-5H3,(H,17,18,19). The number of anilines is 1.